The normalized spacial score (nSPS) is 12.5. The molecule has 7 heteroatoms. The van der Waals surface area contributed by atoms with Gasteiger partial charge in [0.25, 0.3) is 0 Å². The van der Waals surface area contributed by atoms with Gasteiger partial charge in [-0.1, -0.05) is 25.6 Å². The number of halogens is 2. The summed E-state index contributed by atoms with van der Waals surface area (Å²) in [5.41, 5.74) is 2.26. The summed E-state index contributed by atoms with van der Waals surface area (Å²) < 4.78 is 28.3. The van der Waals surface area contributed by atoms with Crippen molar-refractivity contribution >= 4 is 23.4 Å². The molecule has 1 aromatic heterocycles. The molecule has 0 aliphatic heterocycles. The minimum Gasteiger partial charge on any atom is -0.325 e. The van der Waals surface area contributed by atoms with E-state index in [1.165, 1.54) is 17.8 Å². The van der Waals surface area contributed by atoms with Crippen molar-refractivity contribution in [1.29, 1.82) is 0 Å². The fraction of sp³-hybridized carbons (Fsp3) is 0.444. The van der Waals surface area contributed by atoms with Crippen LogP contribution in [0.25, 0.3) is 0 Å². The Kier molecular flexibility index (Phi) is 6.21. The molecule has 1 N–H and O–H groups in total. The van der Waals surface area contributed by atoms with Crippen molar-refractivity contribution in [3.8, 4) is 0 Å². The number of hydrogen-bond acceptors (Lipinski definition) is 3. The third-order valence-corrected chi connectivity index (χ3v) is 4.90. The first-order valence-electron chi connectivity index (χ1n) is 8.15. The van der Waals surface area contributed by atoms with Gasteiger partial charge in [0.1, 0.15) is 0 Å². The van der Waals surface area contributed by atoms with Crippen LogP contribution in [0.5, 0.6) is 0 Å². The number of nitrogens with zero attached hydrogens (tertiary/aromatic N) is 2. The van der Waals surface area contributed by atoms with Gasteiger partial charge in [-0.25, -0.2) is 13.8 Å². The Bertz CT molecular complexity index is 774. The van der Waals surface area contributed by atoms with E-state index >= 15 is 0 Å². The third-order valence-electron chi connectivity index (χ3n) is 3.81. The van der Waals surface area contributed by atoms with Crippen LogP contribution in [0.3, 0.4) is 0 Å². The summed E-state index contributed by atoms with van der Waals surface area (Å²) in [6.45, 7) is 10.8. The summed E-state index contributed by atoms with van der Waals surface area (Å²) >= 11 is 1.35. The van der Waals surface area contributed by atoms with E-state index in [4.69, 9.17) is 0 Å². The average molecular weight is 367 g/mol. The van der Waals surface area contributed by atoms with E-state index in [0.29, 0.717) is 5.92 Å². The van der Waals surface area contributed by atoms with E-state index in [1.54, 1.807) is 6.92 Å². The smallest absolute Gasteiger partial charge is 0.237 e. The number of thioether (sulfide) groups is 1. The van der Waals surface area contributed by atoms with Crippen molar-refractivity contribution in [3.05, 3.63) is 41.2 Å². The minimum atomic E-state index is -0.989. The van der Waals surface area contributed by atoms with E-state index in [2.05, 4.69) is 28.7 Å². The number of rotatable bonds is 6. The maximum Gasteiger partial charge on any atom is 0.237 e. The number of amides is 1. The fourth-order valence-electron chi connectivity index (χ4n) is 2.32. The lowest BCUT2D eigenvalue weighted by Crippen LogP contribution is -2.23. The third kappa shape index (κ3) is 4.81. The predicted molar refractivity (Wildman–Crippen MR) is 96.8 cm³/mol. The maximum atomic E-state index is 13.3. The van der Waals surface area contributed by atoms with E-state index in [0.717, 1.165) is 35.2 Å². The second-order valence-corrected chi connectivity index (χ2v) is 7.76. The van der Waals surface area contributed by atoms with Gasteiger partial charge in [-0.05, 0) is 38.8 Å². The molecule has 1 atom stereocenters. The molecule has 0 aliphatic rings. The van der Waals surface area contributed by atoms with E-state index < -0.39 is 16.9 Å². The van der Waals surface area contributed by atoms with Crippen molar-refractivity contribution in [2.75, 3.05) is 5.32 Å². The number of hydrogen-bond donors (Lipinski definition) is 1. The highest BCUT2D eigenvalue weighted by atomic mass is 32.2. The van der Waals surface area contributed by atoms with Crippen molar-refractivity contribution in [3.63, 3.8) is 0 Å². The standard InChI is InChI=1S/C18H23F2N3OS/c1-10(2)9-23-12(4)11(3)21-18(23)25-13(5)17(24)22-14-6-7-15(19)16(20)8-14/h6-8,10,13H,9H2,1-5H3,(H,22,24). The first-order valence-corrected chi connectivity index (χ1v) is 9.03. The van der Waals surface area contributed by atoms with Crippen LogP contribution in [0.15, 0.2) is 23.4 Å². The number of carbonyl (C=O) groups is 1. The first kappa shape index (κ1) is 19.4. The molecule has 0 saturated heterocycles. The molecular weight excluding hydrogens is 344 g/mol. The molecule has 136 valence electrons. The Hall–Kier alpha value is -1.89. The lowest BCUT2D eigenvalue weighted by molar-refractivity contribution is -0.115. The topological polar surface area (TPSA) is 46.9 Å². The zero-order chi connectivity index (χ0) is 18.7. The van der Waals surface area contributed by atoms with Crippen LogP contribution in [0.4, 0.5) is 14.5 Å². The molecule has 0 saturated carbocycles. The molecule has 0 radical (unpaired) electrons. The van der Waals surface area contributed by atoms with Crippen molar-refractivity contribution < 1.29 is 13.6 Å². The van der Waals surface area contributed by atoms with Gasteiger partial charge in [0, 0.05) is 24.0 Å². The number of aromatic nitrogens is 2. The van der Waals surface area contributed by atoms with Crippen LogP contribution in [-0.4, -0.2) is 20.7 Å². The number of aryl methyl sites for hydroxylation is 1. The van der Waals surface area contributed by atoms with Gasteiger partial charge in [-0.3, -0.25) is 4.79 Å². The number of anilines is 1. The lowest BCUT2D eigenvalue weighted by atomic mass is 10.2. The second kappa shape index (κ2) is 7.99. The summed E-state index contributed by atoms with van der Waals surface area (Å²) in [7, 11) is 0. The Morgan fingerprint density at radius 3 is 2.52 bits per heavy atom. The highest BCUT2D eigenvalue weighted by molar-refractivity contribution is 8.00. The van der Waals surface area contributed by atoms with E-state index in [9.17, 15) is 13.6 Å². The zero-order valence-corrected chi connectivity index (χ0v) is 15.9. The van der Waals surface area contributed by atoms with Crippen LogP contribution in [-0.2, 0) is 11.3 Å². The van der Waals surface area contributed by atoms with Gasteiger partial charge < -0.3 is 9.88 Å². The van der Waals surface area contributed by atoms with Gasteiger partial charge >= 0.3 is 0 Å². The number of carbonyl (C=O) groups excluding carboxylic acids is 1. The molecule has 1 unspecified atom stereocenters. The van der Waals surface area contributed by atoms with Gasteiger partial charge in [-0.15, -0.1) is 0 Å². The molecule has 0 aliphatic carbocycles. The Morgan fingerprint density at radius 1 is 1.24 bits per heavy atom. The second-order valence-electron chi connectivity index (χ2n) is 6.45. The molecule has 1 heterocycles. The van der Waals surface area contributed by atoms with Crippen LogP contribution < -0.4 is 5.32 Å². The SMILES string of the molecule is Cc1nc(SC(C)C(=O)Nc2ccc(F)c(F)c2)n(CC(C)C)c1C. The summed E-state index contributed by atoms with van der Waals surface area (Å²) in [5.74, 6) is -1.76. The highest BCUT2D eigenvalue weighted by Crippen LogP contribution is 2.27. The van der Waals surface area contributed by atoms with Crippen molar-refractivity contribution in [1.82, 2.24) is 9.55 Å². The van der Waals surface area contributed by atoms with Crippen molar-refractivity contribution in [2.45, 2.75) is 51.6 Å². The van der Waals surface area contributed by atoms with E-state index in [1.807, 2.05) is 13.8 Å². The number of imidazole rings is 1. The Labute approximate surface area is 151 Å². The van der Waals surface area contributed by atoms with Gasteiger partial charge in [0.2, 0.25) is 5.91 Å². The molecule has 0 fully saturated rings. The molecular formula is C18H23F2N3OS. The molecule has 0 spiro atoms. The summed E-state index contributed by atoms with van der Waals surface area (Å²) in [4.78, 5) is 16.9. The van der Waals surface area contributed by atoms with Crippen LogP contribution in [0, 0.1) is 31.4 Å². The first-order chi connectivity index (χ1) is 11.7. The van der Waals surface area contributed by atoms with E-state index in [-0.39, 0.29) is 11.6 Å². The number of benzene rings is 1. The minimum absolute atomic E-state index is 0.231. The number of nitrogens with one attached hydrogen (secondary N) is 1. The van der Waals surface area contributed by atoms with Gasteiger partial charge in [0.05, 0.1) is 10.9 Å². The molecule has 1 aromatic carbocycles. The monoisotopic (exact) mass is 367 g/mol. The molecule has 25 heavy (non-hydrogen) atoms. The maximum absolute atomic E-state index is 13.3. The van der Waals surface area contributed by atoms with Gasteiger partial charge in [-0.2, -0.15) is 0 Å². The fourth-order valence-corrected chi connectivity index (χ4v) is 3.33. The molecule has 1 amide bonds. The zero-order valence-electron chi connectivity index (χ0n) is 15.1. The summed E-state index contributed by atoms with van der Waals surface area (Å²) in [6, 6.07) is 3.30. The van der Waals surface area contributed by atoms with Crippen molar-refractivity contribution in [2.24, 2.45) is 5.92 Å². The molecule has 2 aromatic rings. The highest BCUT2D eigenvalue weighted by Gasteiger charge is 2.20. The Morgan fingerprint density at radius 2 is 1.92 bits per heavy atom. The molecule has 4 nitrogen and oxygen atoms in total. The Balaban J connectivity index is 2.10. The largest absolute Gasteiger partial charge is 0.325 e. The van der Waals surface area contributed by atoms with Crippen LogP contribution in [0.1, 0.15) is 32.2 Å². The van der Waals surface area contributed by atoms with Crippen LogP contribution >= 0.6 is 11.8 Å². The summed E-state index contributed by atoms with van der Waals surface area (Å²) in [6.07, 6.45) is 0. The molecule has 2 rings (SSSR count). The lowest BCUT2D eigenvalue weighted by Gasteiger charge is -2.15. The molecule has 0 bridgehead atoms. The quantitative estimate of drug-likeness (QED) is 0.762. The average Bonchev–Trinajstić information content (AvgIpc) is 2.78. The predicted octanol–water partition coefficient (Wildman–Crippen LogP) is 4.55. The van der Waals surface area contributed by atoms with Crippen LogP contribution in [0.2, 0.25) is 0 Å². The summed E-state index contributed by atoms with van der Waals surface area (Å²) in [5, 5.41) is 2.97. The van der Waals surface area contributed by atoms with Gasteiger partial charge in [0.15, 0.2) is 16.8 Å².